The van der Waals surface area contributed by atoms with Crippen molar-refractivity contribution >= 4 is 0 Å². The summed E-state index contributed by atoms with van der Waals surface area (Å²) in [5.74, 6) is 0.801. The van der Waals surface area contributed by atoms with Crippen LogP contribution in [0.25, 0.3) is 0 Å². The Morgan fingerprint density at radius 1 is 1.35 bits per heavy atom. The molecule has 2 atom stereocenters. The molecule has 0 bridgehead atoms. The lowest BCUT2D eigenvalue weighted by molar-refractivity contribution is 0.401. The van der Waals surface area contributed by atoms with E-state index in [1.165, 1.54) is 6.07 Å². The molecule has 2 unspecified atom stereocenters. The fraction of sp³-hybridized carbons (Fsp3) is 0.571. The van der Waals surface area contributed by atoms with Crippen molar-refractivity contribution in [1.82, 2.24) is 0 Å². The number of hydrogen-bond donors (Lipinski definition) is 1. The molecule has 0 saturated heterocycles. The minimum atomic E-state index is -0.215. The van der Waals surface area contributed by atoms with E-state index in [1.807, 2.05) is 0 Å². The molecule has 17 heavy (non-hydrogen) atoms. The summed E-state index contributed by atoms with van der Waals surface area (Å²) in [5.41, 5.74) is 6.82. The SMILES string of the molecule is CCC(N)CCC(C)c1cc(F)ccc1OC. The Kier molecular flexibility index (Phi) is 5.42. The molecule has 1 aromatic rings. The molecule has 2 nitrogen and oxygen atoms in total. The third-order valence-corrected chi connectivity index (χ3v) is 3.22. The van der Waals surface area contributed by atoms with Gasteiger partial charge in [0.25, 0.3) is 0 Å². The molecule has 2 N–H and O–H groups in total. The first-order valence-electron chi connectivity index (χ1n) is 6.17. The number of hydrogen-bond acceptors (Lipinski definition) is 2. The molecular formula is C14H22FNO. The van der Waals surface area contributed by atoms with E-state index in [-0.39, 0.29) is 17.8 Å². The van der Waals surface area contributed by atoms with Gasteiger partial charge in [-0.1, -0.05) is 13.8 Å². The maximum absolute atomic E-state index is 13.2. The largest absolute Gasteiger partial charge is 0.496 e. The second-order valence-electron chi connectivity index (χ2n) is 4.53. The summed E-state index contributed by atoms with van der Waals surface area (Å²) in [4.78, 5) is 0. The van der Waals surface area contributed by atoms with Gasteiger partial charge in [0.2, 0.25) is 0 Å². The molecule has 1 rings (SSSR count). The van der Waals surface area contributed by atoms with E-state index in [9.17, 15) is 4.39 Å². The molecule has 1 aromatic carbocycles. The standard InChI is InChI=1S/C14H22FNO/c1-4-12(16)7-5-10(2)13-9-11(15)6-8-14(13)17-3/h6,8-10,12H,4-5,7,16H2,1-3H3. The van der Waals surface area contributed by atoms with Crippen LogP contribution < -0.4 is 10.5 Å². The zero-order valence-corrected chi connectivity index (χ0v) is 10.9. The van der Waals surface area contributed by atoms with Crippen molar-refractivity contribution in [3.8, 4) is 5.75 Å². The predicted molar refractivity (Wildman–Crippen MR) is 68.9 cm³/mol. The van der Waals surface area contributed by atoms with E-state index in [2.05, 4.69) is 13.8 Å². The quantitative estimate of drug-likeness (QED) is 0.825. The Bertz CT molecular complexity index is 354. The molecule has 3 heteroatoms. The average molecular weight is 239 g/mol. The highest BCUT2D eigenvalue weighted by Crippen LogP contribution is 2.30. The maximum atomic E-state index is 13.2. The van der Waals surface area contributed by atoms with Crippen LogP contribution in [-0.4, -0.2) is 13.2 Å². The van der Waals surface area contributed by atoms with Crippen molar-refractivity contribution in [2.24, 2.45) is 5.73 Å². The van der Waals surface area contributed by atoms with Gasteiger partial charge in [-0.2, -0.15) is 0 Å². The van der Waals surface area contributed by atoms with Crippen LogP contribution in [0.5, 0.6) is 5.75 Å². The molecular weight excluding hydrogens is 217 g/mol. The first kappa shape index (κ1) is 14.0. The highest BCUT2D eigenvalue weighted by Gasteiger charge is 2.13. The average Bonchev–Trinajstić information content (AvgIpc) is 2.35. The molecule has 0 saturated carbocycles. The van der Waals surface area contributed by atoms with Crippen LogP contribution in [0, 0.1) is 5.82 Å². The van der Waals surface area contributed by atoms with Gasteiger partial charge in [0.05, 0.1) is 7.11 Å². The third-order valence-electron chi connectivity index (χ3n) is 3.22. The fourth-order valence-corrected chi connectivity index (χ4v) is 1.91. The summed E-state index contributed by atoms with van der Waals surface area (Å²) < 4.78 is 18.5. The summed E-state index contributed by atoms with van der Waals surface area (Å²) >= 11 is 0. The van der Waals surface area contributed by atoms with Gasteiger partial charge in [-0.3, -0.25) is 0 Å². The van der Waals surface area contributed by atoms with Crippen molar-refractivity contribution in [3.63, 3.8) is 0 Å². The molecule has 0 aliphatic carbocycles. The van der Waals surface area contributed by atoms with Gasteiger partial charge < -0.3 is 10.5 Å². The zero-order chi connectivity index (χ0) is 12.8. The van der Waals surface area contributed by atoms with E-state index >= 15 is 0 Å². The van der Waals surface area contributed by atoms with Crippen LogP contribution in [0.3, 0.4) is 0 Å². The van der Waals surface area contributed by atoms with Crippen molar-refractivity contribution in [1.29, 1.82) is 0 Å². The van der Waals surface area contributed by atoms with Crippen LogP contribution >= 0.6 is 0 Å². The third kappa shape index (κ3) is 4.00. The van der Waals surface area contributed by atoms with Crippen LogP contribution in [0.2, 0.25) is 0 Å². The van der Waals surface area contributed by atoms with E-state index in [0.29, 0.717) is 0 Å². The fourth-order valence-electron chi connectivity index (χ4n) is 1.91. The Morgan fingerprint density at radius 2 is 2.06 bits per heavy atom. The lowest BCUT2D eigenvalue weighted by atomic mass is 9.93. The molecule has 0 fully saturated rings. The Hall–Kier alpha value is -1.09. The lowest BCUT2D eigenvalue weighted by Gasteiger charge is -2.17. The lowest BCUT2D eigenvalue weighted by Crippen LogP contribution is -2.19. The van der Waals surface area contributed by atoms with Crippen LogP contribution in [0.15, 0.2) is 18.2 Å². The van der Waals surface area contributed by atoms with Gasteiger partial charge in [-0.15, -0.1) is 0 Å². The first-order chi connectivity index (χ1) is 8.08. The Balaban J connectivity index is 2.73. The van der Waals surface area contributed by atoms with Crippen LogP contribution in [0.4, 0.5) is 4.39 Å². The second kappa shape index (κ2) is 6.60. The number of nitrogens with two attached hydrogens (primary N) is 1. The van der Waals surface area contributed by atoms with Crippen molar-refractivity contribution in [2.75, 3.05) is 7.11 Å². The highest BCUT2D eigenvalue weighted by molar-refractivity contribution is 5.36. The molecule has 96 valence electrons. The van der Waals surface area contributed by atoms with Crippen LogP contribution in [-0.2, 0) is 0 Å². The normalized spacial score (nSPS) is 14.4. The van der Waals surface area contributed by atoms with E-state index in [1.54, 1.807) is 19.2 Å². The van der Waals surface area contributed by atoms with Crippen molar-refractivity contribution in [2.45, 2.75) is 45.1 Å². The van der Waals surface area contributed by atoms with E-state index in [0.717, 1.165) is 30.6 Å². The number of methoxy groups -OCH3 is 1. The van der Waals surface area contributed by atoms with Gasteiger partial charge in [0.15, 0.2) is 0 Å². The summed E-state index contributed by atoms with van der Waals surface area (Å²) in [5, 5.41) is 0. The van der Waals surface area contributed by atoms with Crippen LogP contribution in [0.1, 0.15) is 44.6 Å². The van der Waals surface area contributed by atoms with Gasteiger partial charge in [-0.05, 0) is 48.9 Å². The maximum Gasteiger partial charge on any atom is 0.123 e. The number of rotatable bonds is 6. The molecule has 0 aliphatic heterocycles. The Morgan fingerprint density at radius 3 is 2.65 bits per heavy atom. The summed E-state index contributed by atoms with van der Waals surface area (Å²) in [6, 6.07) is 4.89. The molecule has 0 spiro atoms. The molecule has 0 radical (unpaired) electrons. The monoisotopic (exact) mass is 239 g/mol. The van der Waals surface area contributed by atoms with Crippen molar-refractivity contribution in [3.05, 3.63) is 29.6 Å². The van der Waals surface area contributed by atoms with E-state index < -0.39 is 0 Å². The summed E-state index contributed by atoms with van der Waals surface area (Å²) in [6.45, 7) is 4.16. The van der Waals surface area contributed by atoms with Crippen molar-refractivity contribution < 1.29 is 9.13 Å². The number of halogens is 1. The number of ether oxygens (including phenoxy) is 1. The second-order valence-corrected chi connectivity index (χ2v) is 4.53. The molecule has 0 aromatic heterocycles. The minimum absolute atomic E-state index is 0.215. The Labute approximate surface area is 103 Å². The van der Waals surface area contributed by atoms with Gasteiger partial charge in [-0.25, -0.2) is 4.39 Å². The molecule has 0 aliphatic rings. The summed E-state index contributed by atoms with van der Waals surface area (Å²) in [6.07, 6.45) is 2.89. The number of benzene rings is 1. The molecule has 0 heterocycles. The van der Waals surface area contributed by atoms with Gasteiger partial charge >= 0.3 is 0 Å². The first-order valence-corrected chi connectivity index (χ1v) is 6.17. The molecule has 0 amide bonds. The smallest absolute Gasteiger partial charge is 0.123 e. The predicted octanol–water partition coefficient (Wildman–Crippen LogP) is 3.46. The topological polar surface area (TPSA) is 35.2 Å². The van der Waals surface area contributed by atoms with Gasteiger partial charge in [0.1, 0.15) is 11.6 Å². The van der Waals surface area contributed by atoms with E-state index in [4.69, 9.17) is 10.5 Å². The zero-order valence-electron chi connectivity index (χ0n) is 10.9. The highest BCUT2D eigenvalue weighted by atomic mass is 19.1. The summed E-state index contributed by atoms with van der Waals surface area (Å²) in [7, 11) is 1.61. The van der Waals surface area contributed by atoms with Gasteiger partial charge in [0, 0.05) is 6.04 Å². The minimum Gasteiger partial charge on any atom is -0.496 e.